The Kier molecular flexibility index (Phi) is 6.69. The van der Waals surface area contributed by atoms with E-state index in [1.807, 2.05) is 77.6 Å². The van der Waals surface area contributed by atoms with Gasteiger partial charge >= 0.3 is 0 Å². The van der Waals surface area contributed by atoms with Gasteiger partial charge in [0.15, 0.2) is 5.47 Å². The van der Waals surface area contributed by atoms with Gasteiger partial charge in [-0.3, -0.25) is 0 Å². The number of aromatic nitrogens is 1. The third-order valence-corrected chi connectivity index (χ3v) is 7.30. The van der Waals surface area contributed by atoms with Crippen LogP contribution in [0.15, 0.2) is 73.1 Å². The van der Waals surface area contributed by atoms with Crippen LogP contribution in [0.4, 0.5) is 0 Å². The van der Waals surface area contributed by atoms with Crippen LogP contribution in [0.3, 0.4) is 0 Å². The van der Waals surface area contributed by atoms with E-state index in [0.717, 1.165) is 35.5 Å². The van der Waals surface area contributed by atoms with Gasteiger partial charge in [0, 0.05) is 23.4 Å². The Morgan fingerprint density at radius 1 is 0.963 bits per heavy atom. The van der Waals surface area contributed by atoms with Gasteiger partial charge in [-0.25, -0.2) is 0 Å². The van der Waals surface area contributed by atoms with Crippen LogP contribution in [0, 0.1) is 5.92 Å². The van der Waals surface area contributed by atoms with E-state index in [-0.39, 0.29) is 0 Å². The summed E-state index contributed by atoms with van der Waals surface area (Å²) in [7, 11) is 0. The average Bonchev–Trinajstić information content (AvgIpc) is 3.17. The number of thiol groups is 1. The molecule has 3 rings (SSSR count). The molecular formula is C21H24NO2PS2. The van der Waals surface area contributed by atoms with Gasteiger partial charge in [-0.2, -0.15) is 0 Å². The van der Waals surface area contributed by atoms with E-state index in [9.17, 15) is 0 Å². The van der Waals surface area contributed by atoms with Crippen molar-refractivity contribution in [3.8, 4) is 17.2 Å². The molecule has 0 saturated carbocycles. The molecule has 0 spiro atoms. The SMILES string of the molecule is CC(C)CCOc1ccc(P(=S)(S)Oc2ccc(-n3cccc3)cc2)cc1. The summed E-state index contributed by atoms with van der Waals surface area (Å²) >= 11 is 10.3. The summed E-state index contributed by atoms with van der Waals surface area (Å²) in [6, 6.07) is 19.6. The Morgan fingerprint density at radius 3 is 2.15 bits per heavy atom. The maximum Gasteiger partial charge on any atom is 0.193 e. The predicted molar refractivity (Wildman–Crippen MR) is 121 cm³/mol. The molecule has 0 amide bonds. The summed E-state index contributed by atoms with van der Waals surface area (Å²) in [5.74, 6) is 2.20. The van der Waals surface area contributed by atoms with Gasteiger partial charge in [0.1, 0.15) is 11.5 Å². The van der Waals surface area contributed by atoms with E-state index in [2.05, 4.69) is 26.1 Å². The summed E-state index contributed by atoms with van der Waals surface area (Å²) in [4.78, 5) is 0. The molecule has 3 nitrogen and oxygen atoms in total. The van der Waals surface area contributed by atoms with Crippen LogP contribution in [0.25, 0.3) is 5.69 Å². The molecule has 27 heavy (non-hydrogen) atoms. The molecule has 0 N–H and O–H groups in total. The van der Waals surface area contributed by atoms with E-state index >= 15 is 0 Å². The molecule has 3 aromatic rings. The lowest BCUT2D eigenvalue weighted by Gasteiger charge is -2.19. The fourth-order valence-corrected chi connectivity index (χ4v) is 4.87. The fourth-order valence-electron chi connectivity index (χ4n) is 2.52. The third-order valence-electron chi connectivity index (χ3n) is 4.10. The number of hydrogen-bond acceptors (Lipinski definition) is 3. The standard InChI is InChI=1S/C21H24NO2PS2/c1-17(2)13-16-23-19-9-11-21(12-10-19)25(26,27)24-20-7-5-18(6-8-20)22-14-3-4-15-22/h3-12,14-15,17H,13,16H2,1-2H3,(H,26,27). The highest BCUT2D eigenvalue weighted by Crippen LogP contribution is 2.51. The maximum atomic E-state index is 6.05. The molecule has 142 valence electrons. The summed E-state index contributed by atoms with van der Waals surface area (Å²) in [5.41, 5.74) is -1.37. The van der Waals surface area contributed by atoms with E-state index in [0.29, 0.717) is 5.92 Å². The van der Waals surface area contributed by atoms with Crippen molar-refractivity contribution >= 4 is 34.8 Å². The van der Waals surface area contributed by atoms with Crippen LogP contribution in [0.1, 0.15) is 20.3 Å². The zero-order valence-corrected chi connectivity index (χ0v) is 18.1. The lowest BCUT2D eigenvalue weighted by molar-refractivity contribution is 0.289. The Hall–Kier alpha value is -1.68. The Balaban J connectivity index is 1.64. The zero-order chi connectivity index (χ0) is 19.3. The number of rotatable bonds is 8. The number of ether oxygens (including phenoxy) is 1. The molecule has 0 aliphatic carbocycles. The summed E-state index contributed by atoms with van der Waals surface area (Å²) in [6.07, 6.45) is 5.04. The molecule has 6 heteroatoms. The zero-order valence-electron chi connectivity index (χ0n) is 15.5. The molecule has 0 aliphatic heterocycles. The highest BCUT2D eigenvalue weighted by molar-refractivity contribution is 8.64. The molecule has 0 radical (unpaired) electrons. The topological polar surface area (TPSA) is 23.4 Å². The molecule has 1 atom stereocenters. The summed E-state index contributed by atoms with van der Waals surface area (Å²) in [5, 5.41) is 0.909. The van der Waals surface area contributed by atoms with Gasteiger partial charge in [-0.15, -0.1) is 0 Å². The van der Waals surface area contributed by atoms with Crippen LogP contribution in [0.2, 0.25) is 0 Å². The molecular weight excluding hydrogens is 393 g/mol. The lowest BCUT2D eigenvalue weighted by atomic mass is 10.1. The first kappa shape index (κ1) is 20.1. The van der Waals surface area contributed by atoms with Gasteiger partial charge in [0.25, 0.3) is 0 Å². The van der Waals surface area contributed by atoms with Crippen molar-refractivity contribution in [2.24, 2.45) is 5.92 Å². The molecule has 2 aromatic carbocycles. The molecule has 0 saturated heterocycles. The van der Waals surface area contributed by atoms with Crippen molar-refractivity contribution in [3.63, 3.8) is 0 Å². The third kappa shape index (κ3) is 5.65. The first-order chi connectivity index (χ1) is 12.9. The smallest absolute Gasteiger partial charge is 0.193 e. The quantitative estimate of drug-likeness (QED) is 0.368. The minimum absolute atomic E-state index is 0.630. The summed E-state index contributed by atoms with van der Waals surface area (Å²) in [6.45, 7) is 5.09. The average molecular weight is 418 g/mol. The first-order valence-corrected chi connectivity index (χ1v) is 12.8. The van der Waals surface area contributed by atoms with Crippen LogP contribution >= 0.6 is 17.7 Å². The number of nitrogens with zero attached hydrogens (tertiary/aromatic N) is 1. The van der Waals surface area contributed by atoms with Crippen molar-refractivity contribution in [3.05, 3.63) is 73.1 Å². The number of benzene rings is 2. The first-order valence-electron chi connectivity index (χ1n) is 8.93. The Bertz CT molecular complexity index is 891. The van der Waals surface area contributed by atoms with Gasteiger partial charge in [-0.05, 0) is 84.8 Å². The van der Waals surface area contributed by atoms with Gasteiger partial charge in [0.2, 0.25) is 0 Å². The Labute approximate surface area is 171 Å². The van der Waals surface area contributed by atoms with Crippen LogP contribution < -0.4 is 14.6 Å². The van der Waals surface area contributed by atoms with Crippen molar-refractivity contribution in [2.45, 2.75) is 20.3 Å². The van der Waals surface area contributed by atoms with Crippen LogP contribution in [0.5, 0.6) is 11.5 Å². The van der Waals surface area contributed by atoms with Gasteiger partial charge < -0.3 is 13.8 Å². The van der Waals surface area contributed by atoms with Crippen molar-refractivity contribution < 1.29 is 9.26 Å². The maximum absolute atomic E-state index is 6.05. The normalized spacial score (nSPS) is 13.3. The molecule has 1 unspecified atom stereocenters. The summed E-state index contributed by atoms with van der Waals surface area (Å²) < 4.78 is 13.9. The molecule has 0 fully saturated rings. The van der Waals surface area contributed by atoms with Gasteiger partial charge in [-0.1, -0.05) is 26.1 Å². The van der Waals surface area contributed by atoms with Crippen molar-refractivity contribution in [1.29, 1.82) is 0 Å². The second kappa shape index (κ2) is 9.01. The number of hydrogen-bond donors (Lipinski definition) is 1. The van der Waals surface area contributed by atoms with Crippen molar-refractivity contribution in [2.75, 3.05) is 6.61 Å². The highest BCUT2D eigenvalue weighted by Gasteiger charge is 2.17. The second-order valence-corrected chi connectivity index (χ2v) is 12.5. The van der Waals surface area contributed by atoms with Gasteiger partial charge in [0.05, 0.1) is 6.61 Å². The van der Waals surface area contributed by atoms with E-state index in [4.69, 9.17) is 21.1 Å². The van der Waals surface area contributed by atoms with Crippen LogP contribution in [-0.4, -0.2) is 11.2 Å². The molecule has 1 aromatic heterocycles. The molecule has 1 heterocycles. The van der Waals surface area contributed by atoms with E-state index in [1.54, 1.807) is 0 Å². The fraction of sp³-hybridized carbons (Fsp3) is 0.238. The van der Waals surface area contributed by atoms with E-state index in [1.165, 1.54) is 0 Å². The Morgan fingerprint density at radius 2 is 1.56 bits per heavy atom. The lowest BCUT2D eigenvalue weighted by Crippen LogP contribution is -2.06. The monoisotopic (exact) mass is 417 g/mol. The van der Waals surface area contributed by atoms with E-state index < -0.39 is 5.47 Å². The second-order valence-electron chi connectivity index (χ2n) is 6.72. The minimum Gasteiger partial charge on any atom is -0.494 e. The minimum atomic E-state index is -2.44. The largest absolute Gasteiger partial charge is 0.494 e. The van der Waals surface area contributed by atoms with Crippen molar-refractivity contribution in [1.82, 2.24) is 4.57 Å². The highest BCUT2D eigenvalue weighted by atomic mass is 32.9. The predicted octanol–water partition coefficient (Wildman–Crippen LogP) is 5.85. The molecule has 0 aliphatic rings. The van der Waals surface area contributed by atoms with Crippen LogP contribution in [-0.2, 0) is 11.8 Å². The molecule has 0 bridgehead atoms.